The fourth-order valence-electron chi connectivity index (χ4n) is 1.60. The van der Waals surface area contributed by atoms with Crippen LogP contribution in [-0.2, 0) is 16.6 Å². The van der Waals surface area contributed by atoms with Crippen LogP contribution in [0.4, 0.5) is 5.13 Å². The third-order valence-corrected chi connectivity index (χ3v) is 6.69. The third kappa shape index (κ3) is 3.57. The molecule has 0 bridgehead atoms. The fourth-order valence-corrected chi connectivity index (χ4v) is 5.10. The maximum atomic E-state index is 12.3. The fraction of sp³-hybridized carbons (Fsp3) is 0.417. The van der Waals surface area contributed by atoms with Gasteiger partial charge in [0.1, 0.15) is 4.21 Å². The van der Waals surface area contributed by atoms with Crippen LogP contribution < -0.4 is 10.0 Å². The second-order valence-corrected chi connectivity index (χ2v) is 8.26. The first-order valence-electron chi connectivity index (χ1n) is 6.17. The zero-order chi connectivity index (χ0) is 14.8. The summed E-state index contributed by atoms with van der Waals surface area (Å²) in [6.07, 6.45) is 0. The van der Waals surface area contributed by atoms with Crippen LogP contribution in [0.5, 0.6) is 0 Å². The topological polar surface area (TPSA) is 71.1 Å². The average Bonchev–Trinajstić information content (AvgIpc) is 2.93. The Labute approximate surface area is 127 Å². The Morgan fingerprint density at radius 3 is 2.70 bits per heavy atom. The smallest absolute Gasteiger partial charge is 0.273 e. The Kier molecular flexibility index (Phi) is 4.79. The first-order chi connectivity index (χ1) is 9.42. The van der Waals surface area contributed by atoms with Crippen LogP contribution in [0.1, 0.15) is 23.1 Å². The van der Waals surface area contributed by atoms with Gasteiger partial charge in [-0.3, -0.25) is 4.72 Å². The molecule has 2 rings (SSSR count). The van der Waals surface area contributed by atoms with Gasteiger partial charge in [-0.25, -0.2) is 13.4 Å². The molecule has 20 heavy (non-hydrogen) atoms. The summed E-state index contributed by atoms with van der Waals surface area (Å²) in [6.45, 7) is 7.33. The molecule has 0 atom stereocenters. The van der Waals surface area contributed by atoms with Gasteiger partial charge in [-0.1, -0.05) is 6.92 Å². The second-order valence-electron chi connectivity index (χ2n) is 4.35. The largest absolute Gasteiger partial charge is 0.312 e. The lowest BCUT2D eigenvalue weighted by molar-refractivity contribution is 0.603. The van der Waals surface area contributed by atoms with Gasteiger partial charge in [-0.15, -0.1) is 22.7 Å². The molecule has 0 unspecified atom stereocenters. The maximum absolute atomic E-state index is 12.3. The molecular formula is C12H17N3O2S3. The number of thiazole rings is 1. The van der Waals surface area contributed by atoms with Crippen molar-refractivity contribution >= 4 is 37.8 Å². The summed E-state index contributed by atoms with van der Waals surface area (Å²) in [5, 5.41) is 5.43. The van der Waals surface area contributed by atoms with E-state index in [-0.39, 0.29) is 0 Å². The van der Waals surface area contributed by atoms with Crippen molar-refractivity contribution < 1.29 is 8.42 Å². The quantitative estimate of drug-likeness (QED) is 0.854. The molecule has 0 radical (unpaired) electrons. The van der Waals surface area contributed by atoms with E-state index < -0.39 is 10.0 Å². The Bertz CT molecular complexity index is 689. The van der Waals surface area contributed by atoms with Crippen molar-refractivity contribution in [1.29, 1.82) is 0 Å². The van der Waals surface area contributed by atoms with E-state index in [1.807, 2.05) is 26.2 Å². The van der Waals surface area contributed by atoms with Crippen LogP contribution in [0, 0.1) is 13.8 Å². The minimum atomic E-state index is -3.54. The second kappa shape index (κ2) is 6.21. The number of anilines is 1. The molecule has 2 aromatic heterocycles. The zero-order valence-electron chi connectivity index (χ0n) is 11.6. The van der Waals surface area contributed by atoms with Gasteiger partial charge in [-0.2, -0.15) is 0 Å². The summed E-state index contributed by atoms with van der Waals surface area (Å²) < 4.78 is 27.4. The molecule has 0 spiro atoms. The van der Waals surface area contributed by atoms with E-state index in [4.69, 9.17) is 0 Å². The first kappa shape index (κ1) is 15.4. The Morgan fingerprint density at radius 2 is 2.10 bits per heavy atom. The molecule has 0 amide bonds. The summed E-state index contributed by atoms with van der Waals surface area (Å²) in [5.74, 6) is 0. The minimum absolute atomic E-state index is 0.329. The van der Waals surface area contributed by atoms with Crippen LogP contribution in [0.2, 0.25) is 0 Å². The van der Waals surface area contributed by atoms with Crippen molar-refractivity contribution in [3.63, 3.8) is 0 Å². The number of nitrogens with zero attached hydrogens (tertiary/aromatic N) is 1. The van der Waals surface area contributed by atoms with Crippen molar-refractivity contribution in [2.24, 2.45) is 0 Å². The number of thiophene rings is 1. The molecule has 110 valence electrons. The van der Waals surface area contributed by atoms with Gasteiger partial charge in [0, 0.05) is 16.8 Å². The zero-order valence-corrected chi connectivity index (χ0v) is 14.0. The predicted molar refractivity (Wildman–Crippen MR) is 84.1 cm³/mol. The van der Waals surface area contributed by atoms with Gasteiger partial charge < -0.3 is 5.32 Å². The summed E-state index contributed by atoms with van der Waals surface area (Å²) in [6, 6.07) is 1.71. The van der Waals surface area contributed by atoms with Gasteiger partial charge in [0.05, 0.1) is 5.69 Å². The lowest BCUT2D eigenvalue weighted by atomic mass is 10.3. The Morgan fingerprint density at radius 1 is 1.35 bits per heavy atom. The van der Waals surface area contributed by atoms with E-state index in [1.165, 1.54) is 22.7 Å². The summed E-state index contributed by atoms with van der Waals surface area (Å²) in [7, 11) is -3.54. The van der Waals surface area contributed by atoms with Gasteiger partial charge >= 0.3 is 0 Å². The Balaban J connectivity index is 2.21. The predicted octanol–water partition coefficient (Wildman–Crippen LogP) is 2.73. The molecule has 0 aliphatic rings. The number of sulfonamides is 1. The molecule has 0 aliphatic heterocycles. The van der Waals surface area contributed by atoms with Crippen LogP contribution >= 0.6 is 22.7 Å². The standard InChI is InChI=1S/C12H17N3O2S3/c1-4-13-6-10-8(2)5-11(19-10)20(16,17)15-12-14-9(3)7-18-12/h5,7,13H,4,6H2,1-3H3,(H,14,15). The molecule has 0 fully saturated rings. The monoisotopic (exact) mass is 331 g/mol. The van der Waals surface area contributed by atoms with E-state index in [9.17, 15) is 8.42 Å². The highest BCUT2D eigenvalue weighted by molar-refractivity contribution is 7.94. The lowest BCUT2D eigenvalue weighted by Crippen LogP contribution is -2.11. The van der Waals surface area contributed by atoms with Crippen molar-refractivity contribution in [3.05, 3.63) is 27.6 Å². The molecular weight excluding hydrogens is 314 g/mol. The molecule has 8 heteroatoms. The van der Waals surface area contributed by atoms with Crippen LogP contribution in [-0.4, -0.2) is 19.9 Å². The van der Waals surface area contributed by atoms with E-state index in [1.54, 1.807) is 6.07 Å². The Hall–Kier alpha value is -0.960. The number of hydrogen-bond acceptors (Lipinski definition) is 6. The van der Waals surface area contributed by atoms with Crippen LogP contribution in [0.3, 0.4) is 0 Å². The number of rotatable bonds is 6. The van der Waals surface area contributed by atoms with E-state index in [0.29, 0.717) is 15.9 Å². The number of aromatic nitrogens is 1. The molecule has 2 aromatic rings. The SMILES string of the molecule is CCNCc1sc(S(=O)(=O)Nc2nc(C)cs2)cc1C. The normalized spacial score (nSPS) is 11.8. The number of hydrogen-bond donors (Lipinski definition) is 2. The molecule has 0 saturated carbocycles. The molecule has 0 aromatic carbocycles. The third-order valence-electron chi connectivity index (χ3n) is 2.64. The molecule has 0 aliphatic carbocycles. The van der Waals surface area contributed by atoms with Crippen LogP contribution in [0.15, 0.2) is 15.7 Å². The minimum Gasteiger partial charge on any atom is -0.312 e. The molecule has 2 N–H and O–H groups in total. The van der Waals surface area contributed by atoms with E-state index in [2.05, 4.69) is 15.0 Å². The number of nitrogens with one attached hydrogen (secondary N) is 2. The van der Waals surface area contributed by atoms with Gasteiger partial charge in [0.2, 0.25) is 0 Å². The van der Waals surface area contributed by atoms with Crippen molar-refractivity contribution in [1.82, 2.24) is 10.3 Å². The van der Waals surface area contributed by atoms with Crippen molar-refractivity contribution in [2.45, 2.75) is 31.5 Å². The average molecular weight is 331 g/mol. The maximum Gasteiger partial charge on any atom is 0.273 e. The summed E-state index contributed by atoms with van der Waals surface area (Å²) >= 11 is 2.58. The highest BCUT2D eigenvalue weighted by Gasteiger charge is 2.20. The number of aryl methyl sites for hydroxylation is 2. The van der Waals surface area contributed by atoms with Crippen molar-refractivity contribution in [2.75, 3.05) is 11.3 Å². The van der Waals surface area contributed by atoms with Crippen molar-refractivity contribution in [3.8, 4) is 0 Å². The summed E-state index contributed by atoms with van der Waals surface area (Å²) in [4.78, 5) is 5.16. The van der Waals surface area contributed by atoms with Crippen LogP contribution in [0.25, 0.3) is 0 Å². The summed E-state index contributed by atoms with van der Waals surface area (Å²) in [5.41, 5.74) is 1.80. The lowest BCUT2D eigenvalue weighted by Gasteiger charge is -2.02. The highest BCUT2D eigenvalue weighted by Crippen LogP contribution is 2.28. The highest BCUT2D eigenvalue weighted by atomic mass is 32.2. The van der Waals surface area contributed by atoms with Gasteiger partial charge in [-0.05, 0) is 32.0 Å². The van der Waals surface area contributed by atoms with E-state index >= 15 is 0 Å². The first-order valence-corrected chi connectivity index (χ1v) is 9.35. The van der Waals surface area contributed by atoms with Gasteiger partial charge in [0.15, 0.2) is 5.13 Å². The van der Waals surface area contributed by atoms with E-state index in [0.717, 1.165) is 22.7 Å². The van der Waals surface area contributed by atoms with Gasteiger partial charge in [0.25, 0.3) is 10.0 Å². The molecule has 0 saturated heterocycles. The molecule has 5 nitrogen and oxygen atoms in total. The molecule has 2 heterocycles.